The van der Waals surface area contributed by atoms with Crippen LogP contribution in [0.2, 0.25) is 5.02 Å². The summed E-state index contributed by atoms with van der Waals surface area (Å²) in [6.45, 7) is 2.32. The van der Waals surface area contributed by atoms with Gasteiger partial charge in [0.2, 0.25) is 0 Å². The number of benzene rings is 1. The van der Waals surface area contributed by atoms with Gasteiger partial charge in [0.05, 0.1) is 6.61 Å². The van der Waals surface area contributed by atoms with Crippen LogP contribution < -0.4 is 4.74 Å². The van der Waals surface area contributed by atoms with Gasteiger partial charge in [-0.25, -0.2) is 4.39 Å². The molecule has 0 amide bonds. The molecule has 0 radical (unpaired) electrons. The average Bonchev–Trinajstić information content (AvgIpc) is 3.31. The number of halogens is 2. The number of hydrogen-bond donors (Lipinski definition) is 0. The van der Waals surface area contributed by atoms with Crippen molar-refractivity contribution in [2.75, 3.05) is 6.61 Å². The van der Waals surface area contributed by atoms with Crippen molar-refractivity contribution >= 4 is 17.2 Å². The van der Waals surface area contributed by atoms with Crippen molar-refractivity contribution in [2.24, 2.45) is 5.92 Å². The van der Waals surface area contributed by atoms with Crippen molar-refractivity contribution in [3.63, 3.8) is 0 Å². The van der Waals surface area contributed by atoms with Gasteiger partial charge in [0.15, 0.2) is 5.65 Å². The minimum Gasteiger partial charge on any atom is -0.493 e. The standard InChI is InChI=1S/C19H19ClFN3O/c1-12-17(25-10-8-14-15(20)3-2-4-16(14)21)7-9-24-18(11-13-5-6-13)22-23-19(12)24/h2-4,7,9,13H,5-6,8,10-11H2,1H3. The third-order valence-electron chi connectivity index (χ3n) is 4.69. The van der Waals surface area contributed by atoms with E-state index in [1.165, 1.54) is 18.9 Å². The molecule has 1 aliphatic rings. The lowest BCUT2D eigenvalue weighted by Gasteiger charge is -2.11. The van der Waals surface area contributed by atoms with E-state index in [9.17, 15) is 4.39 Å². The molecule has 0 bridgehead atoms. The molecule has 4 rings (SSSR count). The second-order valence-electron chi connectivity index (χ2n) is 6.56. The van der Waals surface area contributed by atoms with Gasteiger partial charge in [0, 0.05) is 35.2 Å². The van der Waals surface area contributed by atoms with Gasteiger partial charge in [-0.1, -0.05) is 17.7 Å². The molecule has 2 aromatic heterocycles. The van der Waals surface area contributed by atoms with Gasteiger partial charge in [-0.05, 0) is 43.9 Å². The topological polar surface area (TPSA) is 39.4 Å². The van der Waals surface area contributed by atoms with Crippen LogP contribution in [0.1, 0.15) is 29.8 Å². The van der Waals surface area contributed by atoms with E-state index in [1.807, 2.05) is 23.6 Å². The summed E-state index contributed by atoms with van der Waals surface area (Å²) in [7, 11) is 0. The van der Waals surface area contributed by atoms with Crippen LogP contribution in [0.5, 0.6) is 5.75 Å². The second kappa shape index (κ2) is 6.64. The van der Waals surface area contributed by atoms with Crippen molar-refractivity contribution in [2.45, 2.75) is 32.6 Å². The van der Waals surface area contributed by atoms with E-state index in [0.29, 0.717) is 23.6 Å². The Morgan fingerprint density at radius 3 is 2.88 bits per heavy atom. The van der Waals surface area contributed by atoms with Crippen LogP contribution in [0, 0.1) is 18.7 Å². The lowest BCUT2D eigenvalue weighted by atomic mass is 10.1. The molecule has 0 N–H and O–H groups in total. The summed E-state index contributed by atoms with van der Waals surface area (Å²) in [5.41, 5.74) is 2.24. The molecule has 130 valence electrons. The second-order valence-corrected chi connectivity index (χ2v) is 6.97. The molecule has 0 unspecified atom stereocenters. The fourth-order valence-electron chi connectivity index (χ4n) is 3.02. The molecule has 1 aliphatic carbocycles. The van der Waals surface area contributed by atoms with Crippen molar-refractivity contribution in [3.05, 3.63) is 58.3 Å². The van der Waals surface area contributed by atoms with E-state index in [2.05, 4.69) is 10.2 Å². The van der Waals surface area contributed by atoms with Gasteiger partial charge in [-0.15, -0.1) is 10.2 Å². The van der Waals surface area contributed by atoms with Crippen molar-refractivity contribution in [1.82, 2.24) is 14.6 Å². The van der Waals surface area contributed by atoms with E-state index in [-0.39, 0.29) is 5.82 Å². The molecular weight excluding hydrogens is 341 g/mol. The maximum absolute atomic E-state index is 13.8. The molecule has 0 spiro atoms. The summed E-state index contributed by atoms with van der Waals surface area (Å²) >= 11 is 6.05. The fraction of sp³-hybridized carbons (Fsp3) is 0.368. The minimum atomic E-state index is -0.301. The first-order valence-electron chi connectivity index (χ1n) is 8.52. The number of pyridine rings is 1. The van der Waals surface area contributed by atoms with Crippen LogP contribution in [0.25, 0.3) is 5.65 Å². The summed E-state index contributed by atoms with van der Waals surface area (Å²) < 4.78 is 21.7. The first kappa shape index (κ1) is 16.3. The number of aryl methyl sites for hydroxylation is 1. The number of rotatable bonds is 6. The molecular formula is C19H19ClFN3O. The molecule has 1 saturated carbocycles. The summed E-state index contributed by atoms with van der Waals surface area (Å²) in [5, 5.41) is 9.05. The van der Waals surface area contributed by atoms with E-state index < -0.39 is 0 Å². The quantitative estimate of drug-likeness (QED) is 0.654. The summed E-state index contributed by atoms with van der Waals surface area (Å²) in [6, 6.07) is 6.63. The zero-order valence-corrected chi connectivity index (χ0v) is 14.8. The van der Waals surface area contributed by atoms with Gasteiger partial charge in [0.1, 0.15) is 17.4 Å². The Hall–Kier alpha value is -2.14. The minimum absolute atomic E-state index is 0.301. The predicted molar refractivity (Wildman–Crippen MR) is 94.8 cm³/mol. The van der Waals surface area contributed by atoms with Crippen molar-refractivity contribution in [3.8, 4) is 5.75 Å². The zero-order chi connectivity index (χ0) is 17.4. The predicted octanol–water partition coefficient (Wildman–Crippen LogP) is 4.40. The number of ether oxygens (including phenoxy) is 1. The molecule has 0 aliphatic heterocycles. The van der Waals surface area contributed by atoms with Crippen molar-refractivity contribution in [1.29, 1.82) is 0 Å². The Bertz CT molecular complexity index is 900. The van der Waals surface area contributed by atoms with Gasteiger partial charge in [0.25, 0.3) is 0 Å². The lowest BCUT2D eigenvalue weighted by Crippen LogP contribution is -2.06. The van der Waals surface area contributed by atoms with Gasteiger partial charge in [-0.2, -0.15) is 0 Å². The van der Waals surface area contributed by atoms with Crippen LogP contribution in [0.15, 0.2) is 30.5 Å². The third kappa shape index (κ3) is 3.33. The smallest absolute Gasteiger partial charge is 0.167 e. The molecule has 1 aromatic carbocycles. The maximum Gasteiger partial charge on any atom is 0.167 e. The third-order valence-corrected chi connectivity index (χ3v) is 5.04. The number of hydrogen-bond acceptors (Lipinski definition) is 3. The lowest BCUT2D eigenvalue weighted by molar-refractivity contribution is 0.317. The van der Waals surface area contributed by atoms with Gasteiger partial charge >= 0.3 is 0 Å². The van der Waals surface area contributed by atoms with Crippen LogP contribution >= 0.6 is 11.6 Å². The molecule has 0 atom stereocenters. The number of aromatic nitrogens is 3. The Kier molecular flexibility index (Phi) is 4.34. The van der Waals surface area contributed by atoms with Gasteiger partial charge < -0.3 is 4.74 Å². The normalized spacial score (nSPS) is 14.2. The highest BCUT2D eigenvalue weighted by atomic mass is 35.5. The van der Waals surface area contributed by atoms with Crippen molar-refractivity contribution < 1.29 is 9.13 Å². The summed E-state index contributed by atoms with van der Waals surface area (Å²) in [6.07, 6.45) is 5.91. The molecule has 25 heavy (non-hydrogen) atoms. The molecule has 1 fully saturated rings. The fourth-order valence-corrected chi connectivity index (χ4v) is 3.28. The molecule has 6 heteroatoms. The molecule has 3 aromatic rings. The molecule has 2 heterocycles. The Morgan fingerprint density at radius 1 is 1.28 bits per heavy atom. The Morgan fingerprint density at radius 2 is 2.12 bits per heavy atom. The Balaban J connectivity index is 1.49. The average molecular weight is 360 g/mol. The monoisotopic (exact) mass is 359 g/mol. The number of nitrogens with zero attached hydrogens (tertiary/aromatic N) is 3. The summed E-state index contributed by atoms with van der Waals surface area (Å²) in [5.74, 6) is 2.20. The maximum atomic E-state index is 13.8. The largest absolute Gasteiger partial charge is 0.493 e. The van der Waals surface area contributed by atoms with E-state index >= 15 is 0 Å². The molecule has 4 nitrogen and oxygen atoms in total. The highest BCUT2D eigenvalue weighted by Gasteiger charge is 2.24. The van der Waals surface area contributed by atoms with Crippen LogP contribution in [0.4, 0.5) is 4.39 Å². The van der Waals surface area contributed by atoms with E-state index in [1.54, 1.807) is 12.1 Å². The Labute approximate surface area is 150 Å². The zero-order valence-electron chi connectivity index (χ0n) is 14.0. The molecule has 0 saturated heterocycles. The SMILES string of the molecule is Cc1c(OCCc2c(F)cccc2Cl)ccn2c(CC3CC3)nnc12. The highest BCUT2D eigenvalue weighted by molar-refractivity contribution is 6.31. The first-order valence-corrected chi connectivity index (χ1v) is 8.90. The van der Waals surface area contributed by atoms with Crippen LogP contribution in [0.3, 0.4) is 0 Å². The number of fused-ring (bicyclic) bond motifs is 1. The van der Waals surface area contributed by atoms with E-state index in [4.69, 9.17) is 16.3 Å². The van der Waals surface area contributed by atoms with E-state index in [0.717, 1.165) is 35.1 Å². The van der Waals surface area contributed by atoms with Crippen LogP contribution in [-0.4, -0.2) is 21.2 Å². The van der Waals surface area contributed by atoms with Crippen LogP contribution in [-0.2, 0) is 12.8 Å². The van der Waals surface area contributed by atoms with Gasteiger partial charge in [-0.3, -0.25) is 4.40 Å². The highest BCUT2D eigenvalue weighted by Crippen LogP contribution is 2.32. The summed E-state index contributed by atoms with van der Waals surface area (Å²) in [4.78, 5) is 0. The first-order chi connectivity index (χ1) is 12.1.